The Hall–Kier alpha value is -2.46. The summed E-state index contributed by atoms with van der Waals surface area (Å²) >= 11 is 0. The second-order valence-electron chi connectivity index (χ2n) is 8.04. The molecule has 0 saturated heterocycles. The lowest BCUT2D eigenvalue weighted by Crippen LogP contribution is -2.15. The van der Waals surface area contributed by atoms with E-state index in [4.69, 9.17) is 0 Å². The van der Waals surface area contributed by atoms with Crippen LogP contribution in [0.15, 0.2) is 48.7 Å². The molecule has 0 amide bonds. The molecule has 0 radical (unpaired) electrons. The Morgan fingerprint density at radius 1 is 1.19 bits per heavy atom. The van der Waals surface area contributed by atoms with Gasteiger partial charge in [-0.15, -0.1) is 0 Å². The number of allylic oxidation sites excluding steroid dienone is 1. The van der Waals surface area contributed by atoms with Gasteiger partial charge in [-0.05, 0) is 55.9 Å². The van der Waals surface area contributed by atoms with Gasteiger partial charge in [-0.2, -0.15) is 0 Å². The fourth-order valence-corrected chi connectivity index (χ4v) is 3.89. The van der Waals surface area contributed by atoms with Gasteiger partial charge in [-0.1, -0.05) is 43.2 Å². The second-order valence-corrected chi connectivity index (χ2v) is 8.04. The summed E-state index contributed by atoms with van der Waals surface area (Å²) in [6, 6.07) is 11.5. The summed E-state index contributed by atoms with van der Waals surface area (Å²) in [7, 11) is 0. The largest absolute Gasteiger partial charge is 0.386 e. The Kier molecular flexibility index (Phi) is 4.60. The SMILES string of the molecule is CC(C)(O)c1ccc(/C(=C/C2CCCC2)c2cc3cc(F)cnc3[nH]2)cc1. The molecule has 2 aromatic heterocycles. The highest BCUT2D eigenvalue weighted by atomic mass is 19.1. The van der Waals surface area contributed by atoms with E-state index in [0.29, 0.717) is 11.6 Å². The molecule has 140 valence electrons. The summed E-state index contributed by atoms with van der Waals surface area (Å²) in [6.07, 6.45) is 8.53. The number of aliphatic hydroxyl groups is 1. The third kappa shape index (κ3) is 3.81. The maximum Gasteiger partial charge on any atom is 0.142 e. The number of hydrogen-bond acceptors (Lipinski definition) is 2. The van der Waals surface area contributed by atoms with Crippen LogP contribution in [0.2, 0.25) is 0 Å². The lowest BCUT2D eigenvalue weighted by molar-refractivity contribution is 0.0786. The van der Waals surface area contributed by atoms with E-state index in [9.17, 15) is 9.50 Å². The van der Waals surface area contributed by atoms with Crippen molar-refractivity contribution < 1.29 is 9.50 Å². The number of halogens is 1. The van der Waals surface area contributed by atoms with Crippen molar-refractivity contribution in [2.75, 3.05) is 0 Å². The molecule has 2 heterocycles. The predicted molar refractivity (Wildman–Crippen MR) is 107 cm³/mol. The van der Waals surface area contributed by atoms with Crippen LogP contribution in [0.1, 0.15) is 56.4 Å². The van der Waals surface area contributed by atoms with E-state index in [-0.39, 0.29) is 5.82 Å². The molecule has 1 fully saturated rings. The van der Waals surface area contributed by atoms with Crippen molar-refractivity contribution >= 4 is 16.6 Å². The molecular weight excluding hydrogens is 339 g/mol. The zero-order valence-electron chi connectivity index (χ0n) is 15.8. The number of H-pyrrole nitrogens is 1. The number of pyridine rings is 1. The third-order valence-electron chi connectivity index (χ3n) is 5.43. The van der Waals surface area contributed by atoms with Crippen molar-refractivity contribution in [3.8, 4) is 0 Å². The third-order valence-corrected chi connectivity index (χ3v) is 5.43. The molecule has 1 aliphatic carbocycles. The van der Waals surface area contributed by atoms with E-state index in [1.165, 1.54) is 37.9 Å². The molecule has 1 aromatic carbocycles. The van der Waals surface area contributed by atoms with Crippen LogP contribution in [-0.2, 0) is 5.60 Å². The van der Waals surface area contributed by atoms with Gasteiger partial charge >= 0.3 is 0 Å². The van der Waals surface area contributed by atoms with E-state index in [2.05, 4.69) is 16.0 Å². The molecule has 4 rings (SSSR count). The van der Waals surface area contributed by atoms with E-state index < -0.39 is 5.60 Å². The quantitative estimate of drug-likeness (QED) is 0.637. The van der Waals surface area contributed by atoms with Gasteiger partial charge in [0.15, 0.2) is 0 Å². The summed E-state index contributed by atoms with van der Waals surface area (Å²) in [5.74, 6) is 0.231. The minimum atomic E-state index is -0.865. The van der Waals surface area contributed by atoms with Crippen LogP contribution in [0.25, 0.3) is 16.6 Å². The number of fused-ring (bicyclic) bond motifs is 1. The minimum absolute atomic E-state index is 0.330. The molecule has 1 aliphatic rings. The van der Waals surface area contributed by atoms with Crippen molar-refractivity contribution in [2.24, 2.45) is 5.92 Å². The van der Waals surface area contributed by atoms with E-state index in [1.54, 1.807) is 13.8 Å². The molecule has 3 aromatic rings. The Labute approximate surface area is 159 Å². The van der Waals surface area contributed by atoms with Crippen molar-refractivity contribution in [2.45, 2.75) is 45.1 Å². The maximum absolute atomic E-state index is 13.5. The normalized spacial score (nSPS) is 16.4. The number of hydrogen-bond donors (Lipinski definition) is 2. The minimum Gasteiger partial charge on any atom is -0.386 e. The van der Waals surface area contributed by atoms with Gasteiger partial charge in [0, 0.05) is 16.7 Å². The Bertz CT molecular complexity index is 974. The number of benzene rings is 1. The van der Waals surface area contributed by atoms with Crippen LogP contribution < -0.4 is 0 Å². The highest BCUT2D eigenvalue weighted by Crippen LogP contribution is 2.33. The molecular formula is C23H25FN2O. The summed E-state index contributed by atoms with van der Waals surface area (Å²) in [5, 5.41) is 11.0. The van der Waals surface area contributed by atoms with Crippen LogP contribution in [0.3, 0.4) is 0 Å². The monoisotopic (exact) mass is 364 g/mol. The number of nitrogens with zero attached hydrogens (tertiary/aromatic N) is 1. The van der Waals surface area contributed by atoms with Crippen LogP contribution in [0, 0.1) is 11.7 Å². The highest BCUT2D eigenvalue weighted by Gasteiger charge is 2.19. The summed E-state index contributed by atoms with van der Waals surface area (Å²) in [5.41, 5.74) is 3.86. The van der Waals surface area contributed by atoms with Gasteiger partial charge in [0.1, 0.15) is 11.5 Å². The average molecular weight is 364 g/mol. The lowest BCUT2D eigenvalue weighted by Gasteiger charge is -2.18. The first-order valence-corrected chi connectivity index (χ1v) is 9.60. The van der Waals surface area contributed by atoms with Gasteiger partial charge in [-0.3, -0.25) is 0 Å². The van der Waals surface area contributed by atoms with Crippen LogP contribution in [-0.4, -0.2) is 15.1 Å². The van der Waals surface area contributed by atoms with Crippen LogP contribution in [0.5, 0.6) is 0 Å². The molecule has 27 heavy (non-hydrogen) atoms. The maximum atomic E-state index is 13.5. The van der Waals surface area contributed by atoms with Gasteiger partial charge in [0.25, 0.3) is 0 Å². The molecule has 0 spiro atoms. The first-order chi connectivity index (χ1) is 12.9. The Morgan fingerprint density at radius 2 is 1.89 bits per heavy atom. The van der Waals surface area contributed by atoms with E-state index in [0.717, 1.165) is 27.8 Å². The fraction of sp³-hybridized carbons (Fsp3) is 0.348. The zero-order chi connectivity index (χ0) is 19.0. The van der Waals surface area contributed by atoms with Gasteiger partial charge in [0.05, 0.1) is 11.8 Å². The predicted octanol–water partition coefficient (Wildman–Crippen LogP) is 5.55. The van der Waals surface area contributed by atoms with Gasteiger partial charge < -0.3 is 10.1 Å². The Morgan fingerprint density at radius 3 is 2.56 bits per heavy atom. The molecule has 4 heteroatoms. The van der Waals surface area contributed by atoms with Crippen LogP contribution in [0.4, 0.5) is 4.39 Å². The molecule has 0 atom stereocenters. The number of nitrogens with one attached hydrogen (secondary N) is 1. The standard InChI is InChI=1S/C23H25FN2O/c1-23(2,27)18-9-7-16(8-10-18)20(11-15-5-3-4-6-15)21-13-17-12-19(24)14-25-22(17)26-21/h7-15,27H,3-6H2,1-2H3,(H,25,26)/b20-11-. The first kappa shape index (κ1) is 17.9. The number of aromatic nitrogens is 2. The number of aromatic amines is 1. The van der Waals surface area contributed by atoms with Crippen molar-refractivity contribution in [3.63, 3.8) is 0 Å². The highest BCUT2D eigenvalue weighted by molar-refractivity contribution is 5.87. The number of rotatable bonds is 4. The summed E-state index contributed by atoms with van der Waals surface area (Å²) in [4.78, 5) is 7.51. The summed E-state index contributed by atoms with van der Waals surface area (Å²) < 4.78 is 13.5. The van der Waals surface area contributed by atoms with Crippen molar-refractivity contribution in [1.29, 1.82) is 0 Å². The molecule has 0 bridgehead atoms. The Balaban J connectivity index is 1.78. The average Bonchev–Trinajstić information content (AvgIpc) is 3.28. The van der Waals surface area contributed by atoms with Crippen molar-refractivity contribution in [3.05, 3.63) is 71.3 Å². The smallest absolute Gasteiger partial charge is 0.142 e. The molecule has 0 unspecified atom stereocenters. The molecule has 3 nitrogen and oxygen atoms in total. The van der Waals surface area contributed by atoms with Crippen molar-refractivity contribution in [1.82, 2.24) is 9.97 Å². The topological polar surface area (TPSA) is 48.9 Å². The zero-order valence-corrected chi connectivity index (χ0v) is 15.8. The first-order valence-electron chi connectivity index (χ1n) is 9.60. The van der Waals surface area contributed by atoms with Gasteiger partial charge in [-0.25, -0.2) is 9.37 Å². The van der Waals surface area contributed by atoms with Crippen LogP contribution >= 0.6 is 0 Å². The second kappa shape index (κ2) is 6.93. The molecule has 1 saturated carbocycles. The lowest BCUT2D eigenvalue weighted by atomic mass is 9.92. The molecule has 0 aliphatic heterocycles. The summed E-state index contributed by atoms with van der Waals surface area (Å²) in [6.45, 7) is 3.57. The van der Waals surface area contributed by atoms with E-state index >= 15 is 0 Å². The van der Waals surface area contributed by atoms with E-state index in [1.807, 2.05) is 30.3 Å². The molecule has 2 N–H and O–H groups in total. The van der Waals surface area contributed by atoms with Gasteiger partial charge in [0.2, 0.25) is 0 Å². The fourth-order valence-electron chi connectivity index (χ4n) is 3.89.